The van der Waals surface area contributed by atoms with E-state index in [4.69, 9.17) is 0 Å². The maximum absolute atomic E-state index is 14.1. The Bertz CT molecular complexity index is 1060. The minimum absolute atomic E-state index is 0.00825. The maximum atomic E-state index is 14.1. The molecular weight excluding hydrogens is 411 g/mol. The topological polar surface area (TPSA) is 23.6 Å². The van der Waals surface area contributed by atoms with Crippen molar-refractivity contribution in [2.45, 2.75) is 25.2 Å². The van der Waals surface area contributed by atoms with Gasteiger partial charge >= 0.3 is 0 Å². The van der Waals surface area contributed by atoms with Crippen molar-refractivity contribution >= 4 is 8.10 Å². The van der Waals surface area contributed by atoms with Crippen molar-refractivity contribution in [1.82, 2.24) is 9.34 Å². The molecule has 32 heavy (non-hydrogen) atoms. The molecule has 1 fully saturated rings. The van der Waals surface area contributed by atoms with Crippen LogP contribution in [-0.4, -0.2) is 9.34 Å². The van der Waals surface area contributed by atoms with Gasteiger partial charge in [-0.1, -0.05) is 121 Å². The Morgan fingerprint density at radius 1 is 0.500 bits per heavy atom. The largest absolute Gasteiger partial charge is 0.292 e. The van der Waals surface area contributed by atoms with Crippen LogP contribution >= 0.6 is 8.10 Å². The molecule has 0 bridgehead atoms. The van der Waals surface area contributed by atoms with Gasteiger partial charge in [0.1, 0.15) is 0 Å². The smallest absolute Gasteiger partial charge is 0.206 e. The summed E-state index contributed by atoms with van der Waals surface area (Å²) in [5.74, 6) is 0. The molecular formula is C28H27N2OP. The molecule has 160 valence electrons. The summed E-state index contributed by atoms with van der Waals surface area (Å²) in [5.41, 5.74) is 4.76. The molecule has 4 heteroatoms. The molecule has 0 aliphatic carbocycles. The Labute approximate surface area is 190 Å². The van der Waals surface area contributed by atoms with Crippen LogP contribution < -0.4 is 0 Å². The minimum atomic E-state index is -2.20. The molecule has 1 aliphatic heterocycles. The fourth-order valence-electron chi connectivity index (χ4n) is 4.66. The lowest BCUT2D eigenvalue weighted by atomic mass is 9.92. The highest BCUT2D eigenvalue weighted by Crippen LogP contribution is 2.59. The third-order valence-electron chi connectivity index (χ3n) is 6.14. The molecule has 0 spiro atoms. The van der Waals surface area contributed by atoms with Gasteiger partial charge in [-0.05, 0) is 22.3 Å². The molecule has 1 saturated heterocycles. The van der Waals surface area contributed by atoms with Gasteiger partial charge in [-0.15, -0.1) is 0 Å². The number of hydrogen-bond donors (Lipinski definition) is 0. The van der Waals surface area contributed by atoms with Gasteiger partial charge in [0.05, 0.1) is 12.1 Å². The standard InChI is InChI=1S/C28H27N2OP/c31-32-29(21-23-13-5-1-6-14-23)27(25-17-9-3-10-18-25)28(26-19-11-4-12-20-26)30(32)22-24-15-7-2-8-16-24/h1-20,27-28,32H,21-22H2/t27-,28-/m1/s1. The summed E-state index contributed by atoms with van der Waals surface area (Å²) in [6.07, 6.45) is 0. The highest BCUT2D eigenvalue weighted by molar-refractivity contribution is 7.39. The van der Waals surface area contributed by atoms with E-state index in [-0.39, 0.29) is 12.1 Å². The summed E-state index contributed by atoms with van der Waals surface area (Å²) in [6.45, 7) is 1.32. The van der Waals surface area contributed by atoms with E-state index in [1.165, 1.54) is 22.3 Å². The predicted molar refractivity (Wildman–Crippen MR) is 131 cm³/mol. The van der Waals surface area contributed by atoms with E-state index in [1.807, 2.05) is 24.3 Å². The van der Waals surface area contributed by atoms with Gasteiger partial charge in [-0.2, -0.15) is 0 Å². The zero-order valence-corrected chi connectivity index (χ0v) is 18.9. The molecule has 4 aromatic rings. The van der Waals surface area contributed by atoms with Crippen LogP contribution in [0.2, 0.25) is 0 Å². The Morgan fingerprint density at radius 3 is 1.16 bits per heavy atom. The first-order valence-electron chi connectivity index (χ1n) is 11.1. The van der Waals surface area contributed by atoms with Crippen LogP contribution in [0.25, 0.3) is 0 Å². The Kier molecular flexibility index (Phi) is 6.31. The van der Waals surface area contributed by atoms with Crippen LogP contribution in [0.5, 0.6) is 0 Å². The van der Waals surface area contributed by atoms with Gasteiger partial charge in [-0.3, -0.25) is 4.57 Å². The van der Waals surface area contributed by atoms with Crippen LogP contribution in [-0.2, 0) is 17.7 Å². The summed E-state index contributed by atoms with van der Waals surface area (Å²) in [6, 6.07) is 41.8. The number of benzene rings is 4. The first-order chi connectivity index (χ1) is 15.8. The van der Waals surface area contributed by atoms with E-state index < -0.39 is 8.10 Å². The third kappa shape index (κ3) is 4.33. The van der Waals surface area contributed by atoms with Crippen LogP contribution in [0, 0.1) is 0 Å². The minimum Gasteiger partial charge on any atom is -0.292 e. The van der Waals surface area contributed by atoms with Crippen LogP contribution in [0.4, 0.5) is 0 Å². The fraction of sp³-hybridized carbons (Fsp3) is 0.143. The summed E-state index contributed by atoms with van der Waals surface area (Å²) < 4.78 is 18.6. The van der Waals surface area contributed by atoms with E-state index in [0.29, 0.717) is 13.1 Å². The molecule has 1 aliphatic rings. The van der Waals surface area contributed by atoms with Crippen molar-refractivity contribution in [1.29, 1.82) is 0 Å². The molecule has 0 N–H and O–H groups in total. The van der Waals surface area contributed by atoms with Crippen LogP contribution in [0.3, 0.4) is 0 Å². The van der Waals surface area contributed by atoms with E-state index in [9.17, 15) is 4.57 Å². The molecule has 2 atom stereocenters. The highest BCUT2D eigenvalue weighted by atomic mass is 31.1. The van der Waals surface area contributed by atoms with E-state index in [0.717, 1.165) is 0 Å². The molecule has 4 aromatic carbocycles. The third-order valence-corrected chi connectivity index (χ3v) is 7.99. The SMILES string of the molecule is O=[PH]1N(Cc2ccccc2)[C@H](c2ccccc2)[C@@H](c2ccccc2)N1Cc1ccccc1. The van der Waals surface area contributed by atoms with Crippen molar-refractivity contribution in [2.75, 3.05) is 0 Å². The van der Waals surface area contributed by atoms with Gasteiger partial charge in [-0.25, -0.2) is 9.34 Å². The second kappa shape index (κ2) is 9.67. The van der Waals surface area contributed by atoms with Gasteiger partial charge in [0.25, 0.3) is 0 Å². The molecule has 0 amide bonds. The second-order valence-corrected chi connectivity index (χ2v) is 9.93. The van der Waals surface area contributed by atoms with Gasteiger partial charge in [0, 0.05) is 13.1 Å². The van der Waals surface area contributed by atoms with E-state index in [2.05, 4.69) is 106 Å². The number of hydrogen-bond acceptors (Lipinski definition) is 1. The summed E-state index contributed by atoms with van der Waals surface area (Å²) in [7, 11) is -2.20. The average molecular weight is 439 g/mol. The Morgan fingerprint density at radius 2 is 0.812 bits per heavy atom. The van der Waals surface area contributed by atoms with Crippen molar-refractivity contribution < 1.29 is 4.57 Å². The predicted octanol–water partition coefficient (Wildman–Crippen LogP) is 6.88. The normalized spacial score (nSPS) is 19.9. The lowest BCUT2D eigenvalue weighted by molar-refractivity contribution is 0.263. The average Bonchev–Trinajstić information content (AvgIpc) is 3.12. The van der Waals surface area contributed by atoms with E-state index in [1.54, 1.807) is 0 Å². The first kappa shape index (κ1) is 20.9. The van der Waals surface area contributed by atoms with Crippen molar-refractivity contribution in [3.8, 4) is 0 Å². The van der Waals surface area contributed by atoms with Gasteiger partial charge in [0.2, 0.25) is 8.10 Å². The number of nitrogens with zero attached hydrogens (tertiary/aromatic N) is 2. The van der Waals surface area contributed by atoms with Crippen molar-refractivity contribution in [3.63, 3.8) is 0 Å². The van der Waals surface area contributed by atoms with Crippen LogP contribution in [0.1, 0.15) is 34.3 Å². The molecule has 3 nitrogen and oxygen atoms in total. The molecule has 1 heterocycles. The second-order valence-electron chi connectivity index (χ2n) is 8.22. The zero-order valence-electron chi connectivity index (χ0n) is 17.9. The number of rotatable bonds is 6. The Hall–Kier alpha value is -2.97. The summed E-state index contributed by atoms with van der Waals surface area (Å²) in [5, 5.41) is 0. The molecule has 0 unspecified atom stereocenters. The molecule has 0 saturated carbocycles. The molecule has 0 radical (unpaired) electrons. The van der Waals surface area contributed by atoms with E-state index >= 15 is 0 Å². The monoisotopic (exact) mass is 438 g/mol. The maximum Gasteiger partial charge on any atom is 0.206 e. The van der Waals surface area contributed by atoms with Gasteiger partial charge in [0.15, 0.2) is 0 Å². The van der Waals surface area contributed by atoms with Crippen molar-refractivity contribution in [2.24, 2.45) is 0 Å². The summed E-state index contributed by atoms with van der Waals surface area (Å²) in [4.78, 5) is 0. The van der Waals surface area contributed by atoms with Crippen molar-refractivity contribution in [3.05, 3.63) is 144 Å². The van der Waals surface area contributed by atoms with Gasteiger partial charge < -0.3 is 0 Å². The highest BCUT2D eigenvalue weighted by Gasteiger charge is 2.46. The lowest BCUT2D eigenvalue weighted by Crippen LogP contribution is -2.24. The zero-order chi connectivity index (χ0) is 21.8. The Balaban J connectivity index is 1.61. The van der Waals surface area contributed by atoms with Crippen LogP contribution in [0.15, 0.2) is 121 Å². The molecule has 0 aromatic heterocycles. The lowest BCUT2D eigenvalue weighted by Gasteiger charge is -2.28. The molecule has 5 rings (SSSR count). The fourth-order valence-corrected chi connectivity index (χ4v) is 6.68. The quantitative estimate of drug-likeness (QED) is 0.307. The first-order valence-corrected chi connectivity index (χ1v) is 12.4. The summed E-state index contributed by atoms with van der Waals surface area (Å²) >= 11 is 0.